The number of ether oxygens (including phenoxy) is 1. The Balaban J connectivity index is 1.36. The normalized spacial score (nSPS) is 20.9. The molecule has 2 aliphatic heterocycles. The molecule has 2 aliphatic rings. The van der Waals surface area contributed by atoms with Crippen LogP contribution in [0.3, 0.4) is 0 Å². The number of benzene rings is 1. The van der Waals surface area contributed by atoms with Gasteiger partial charge in [0, 0.05) is 54.0 Å². The first-order valence-corrected chi connectivity index (χ1v) is 12.6. The lowest BCUT2D eigenvalue weighted by atomic mass is 9.91. The highest BCUT2D eigenvalue weighted by Gasteiger charge is 2.31. The van der Waals surface area contributed by atoms with Crippen LogP contribution in [0.1, 0.15) is 50.4 Å². The zero-order valence-corrected chi connectivity index (χ0v) is 20.4. The van der Waals surface area contributed by atoms with Crippen LogP contribution in [0.15, 0.2) is 23.6 Å². The molecule has 9 heteroatoms. The molecule has 2 fully saturated rings. The summed E-state index contributed by atoms with van der Waals surface area (Å²) in [4.78, 5) is 9.33. The summed E-state index contributed by atoms with van der Waals surface area (Å²) in [5.74, 6) is 0.954. The Morgan fingerprint density at radius 2 is 1.94 bits per heavy atom. The van der Waals surface area contributed by atoms with E-state index in [9.17, 15) is 5.11 Å². The number of anilines is 2. The second kappa shape index (κ2) is 9.12. The van der Waals surface area contributed by atoms with Crippen LogP contribution in [-0.2, 0) is 10.2 Å². The van der Waals surface area contributed by atoms with E-state index in [1.165, 1.54) is 0 Å². The van der Waals surface area contributed by atoms with Gasteiger partial charge in [0.2, 0.25) is 0 Å². The Bertz CT molecular complexity index is 1110. The predicted molar refractivity (Wildman–Crippen MR) is 131 cm³/mol. The molecule has 2 atom stereocenters. The minimum absolute atomic E-state index is 0.0152. The minimum atomic E-state index is -0.567. The number of piperidine rings is 1. The maximum absolute atomic E-state index is 11.1. The van der Waals surface area contributed by atoms with Gasteiger partial charge in [-0.3, -0.25) is 0 Å². The van der Waals surface area contributed by atoms with Gasteiger partial charge >= 0.3 is 0 Å². The van der Waals surface area contributed by atoms with E-state index < -0.39 is 6.10 Å². The molecular weight excluding hydrogens is 436 g/mol. The summed E-state index contributed by atoms with van der Waals surface area (Å²) in [5.41, 5.74) is 3.01. The predicted octanol–water partition coefficient (Wildman–Crippen LogP) is 3.57. The topological polar surface area (TPSA) is 87.5 Å². The number of aromatic nitrogens is 4. The first kappa shape index (κ1) is 22.4. The van der Waals surface area contributed by atoms with E-state index in [1.807, 2.05) is 0 Å². The zero-order chi connectivity index (χ0) is 23.0. The number of fused-ring (bicyclic) bond motifs is 1. The summed E-state index contributed by atoms with van der Waals surface area (Å²) in [6, 6.07) is 6.34. The molecule has 3 aromatic rings. The van der Waals surface area contributed by atoms with Crippen molar-refractivity contribution in [3.8, 4) is 0 Å². The first-order valence-electron chi connectivity index (χ1n) is 11.7. The molecular formula is C24H32N6O2S. The summed E-state index contributed by atoms with van der Waals surface area (Å²) >= 11 is 1.56. The Labute approximate surface area is 198 Å². The first-order chi connectivity index (χ1) is 15.9. The van der Waals surface area contributed by atoms with E-state index in [2.05, 4.69) is 69.6 Å². The van der Waals surface area contributed by atoms with Crippen molar-refractivity contribution >= 4 is 33.7 Å². The van der Waals surface area contributed by atoms with Crippen LogP contribution in [0.2, 0.25) is 0 Å². The van der Waals surface area contributed by atoms with Crippen LogP contribution in [0.4, 0.5) is 11.5 Å². The van der Waals surface area contributed by atoms with Gasteiger partial charge in [-0.2, -0.15) is 0 Å². The van der Waals surface area contributed by atoms with Crippen LogP contribution in [0.5, 0.6) is 0 Å². The molecule has 0 spiro atoms. The third-order valence-electron chi connectivity index (χ3n) is 6.64. The van der Waals surface area contributed by atoms with Crippen LogP contribution in [-0.4, -0.2) is 64.9 Å². The van der Waals surface area contributed by atoms with Crippen LogP contribution < -0.4 is 9.80 Å². The third-order valence-corrected chi connectivity index (χ3v) is 7.55. The summed E-state index contributed by atoms with van der Waals surface area (Å²) in [7, 11) is 0. The number of hydrogen-bond donors (Lipinski definition) is 1. The standard InChI is InChI=1S/C24H32N6O2S/c1-24(2,3)20-15-33-23(25-20)21(31)16-5-4-8-30(14-16)22-18-7-6-17(13-19(18)26-28-27-22)29-9-11-32-12-10-29/h6-7,13,15-16,21,31H,4-5,8-12,14H2,1-3H3. The highest BCUT2D eigenvalue weighted by Crippen LogP contribution is 2.36. The van der Waals surface area contributed by atoms with E-state index in [0.717, 1.165) is 85.3 Å². The molecule has 0 saturated carbocycles. The van der Waals surface area contributed by atoms with Crippen molar-refractivity contribution in [3.63, 3.8) is 0 Å². The monoisotopic (exact) mass is 468 g/mol. The maximum atomic E-state index is 11.1. The highest BCUT2D eigenvalue weighted by atomic mass is 32.1. The van der Waals surface area contributed by atoms with Crippen LogP contribution in [0, 0.1) is 5.92 Å². The maximum Gasteiger partial charge on any atom is 0.162 e. The smallest absolute Gasteiger partial charge is 0.162 e. The number of nitrogens with zero attached hydrogens (tertiary/aromatic N) is 6. The Morgan fingerprint density at radius 3 is 2.70 bits per heavy atom. The van der Waals surface area contributed by atoms with Gasteiger partial charge in [-0.25, -0.2) is 4.98 Å². The second-order valence-electron chi connectivity index (χ2n) is 10.0. The lowest BCUT2D eigenvalue weighted by Crippen LogP contribution is -2.38. The van der Waals surface area contributed by atoms with Crippen molar-refractivity contribution < 1.29 is 9.84 Å². The molecule has 1 aromatic carbocycles. The fourth-order valence-corrected chi connectivity index (χ4v) is 5.76. The molecule has 176 valence electrons. The van der Waals surface area contributed by atoms with Crippen molar-refractivity contribution in [2.24, 2.45) is 5.92 Å². The summed E-state index contributed by atoms with van der Waals surface area (Å²) in [6.07, 6.45) is 1.40. The van der Waals surface area contributed by atoms with Crippen molar-refractivity contribution in [1.82, 2.24) is 20.4 Å². The van der Waals surface area contributed by atoms with Gasteiger partial charge in [-0.05, 0) is 36.3 Å². The van der Waals surface area contributed by atoms with Crippen molar-refractivity contribution in [3.05, 3.63) is 34.3 Å². The van der Waals surface area contributed by atoms with Gasteiger partial charge in [-0.1, -0.05) is 20.8 Å². The number of rotatable bonds is 4. The number of aliphatic hydroxyl groups is 1. The van der Waals surface area contributed by atoms with Crippen molar-refractivity contribution in [2.75, 3.05) is 49.2 Å². The number of morpholine rings is 1. The average Bonchev–Trinajstić information content (AvgIpc) is 3.35. The van der Waals surface area contributed by atoms with E-state index in [-0.39, 0.29) is 11.3 Å². The molecule has 2 saturated heterocycles. The Kier molecular flexibility index (Phi) is 6.20. The Hall–Kier alpha value is -2.36. The van der Waals surface area contributed by atoms with Gasteiger partial charge in [0.15, 0.2) is 5.82 Å². The number of aliphatic hydroxyl groups excluding tert-OH is 1. The second-order valence-corrected chi connectivity index (χ2v) is 10.9. The van der Waals surface area contributed by atoms with Gasteiger partial charge < -0.3 is 19.6 Å². The molecule has 0 radical (unpaired) electrons. The van der Waals surface area contributed by atoms with E-state index in [4.69, 9.17) is 9.72 Å². The fraction of sp³-hybridized carbons (Fsp3) is 0.583. The van der Waals surface area contributed by atoms with Gasteiger partial charge in [0.05, 0.1) is 18.9 Å². The van der Waals surface area contributed by atoms with Gasteiger partial charge in [0.25, 0.3) is 0 Å². The van der Waals surface area contributed by atoms with Crippen molar-refractivity contribution in [1.29, 1.82) is 0 Å². The van der Waals surface area contributed by atoms with Gasteiger partial charge in [-0.15, -0.1) is 21.5 Å². The summed E-state index contributed by atoms with van der Waals surface area (Å²) < 4.78 is 5.48. The molecule has 2 unspecified atom stereocenters. The molecule has 0 amide bonds. The minimum Gasteiger partial charge on any atom is -0.386 e. The van der Waals surface area contributed by atoms with E-state index >= 15 is 0 Å². The molecule has 0 aliphatic carbocycles. The molecule has 8 nitrogen and oxygen atoms in total. The average molecular weight is 469 g/mol. The lowest BCUT2D eigenvalue weighted by molar-refractivity contribution is 0.0974. The molecule has 0 bridgehead atoms. The third kappa shape index (κ3) is 4.67. The van der Waals surface area contributed by atoms with E-state index in [0.29, 0.717) is 0 Å². The molecule has 1 N–H and O–H groups in total. The summed E-state index contributed by atoms with van der Waals surface area (Å²) in [5, 5.41) is 27.8. The Morgan fingerprint density at radius 1 is 1.12 bits per heavy atom. The molecule has 5 rings (SSSR count). The molecule has 4 heterocycles. The molecule has 33 heavy (non-hydrogen) atoms. The van der Waals surface area contributed by atoms with Crippen LogP contribution >= 0.6 is 11.3 Å². The lowest BCUT2D eigenvalue weighted by Gasteiger charge is -2.35. The van der Waals surface area contributed by atoms with E-state index in [1.54, 1.807) is 11.3 Å². The number of thiazole rings is 1. The fourth-order valence-electron chi connectivity index (χ4n) is 4.64. The van der Waals surface area contributed by atoms with Crippen LogP contribution in [0.25, 0.3) is 10.9 Å². The quantitative estimate of drug-likeness (QED) is 0.622. The highest BCUT2D eigenvalue weighted by molar-refractivity contribution is 7.09. The van der Waals surface area contributed by atoms with Gasteiger partial charge in [0.1, 0.15) is 16.6 Å². The van der Waals surface area contributed by atoms with Crippen molar-refractivity contribution in [2.45, 2.75) is 45.1 Å². The summed E-state index contributed by atoms with van der Waals surface area (Å²) in [6.45, 7) is 11.3. The SMILES string of the molecule is CC(C)(C)c1csc(C(O)C2CCCN(c3nnnc4cc(N5CCOCC5)ccc34)C2)n1. The molecule has 2 aromatic heterocycles. The largest absolute Gasteiger partial charge is 0.386 e. The number of hydrogen-bond acceptors (Lipinski definition) is 9. The zero-order valence-electron chi connectivity index (χ0n) is 19.6.